The van der Waals surface area contributed by atoms with E-state index in [-0.39, 0.29) is 17.5 Å². The average molecular weight is 396 g/mol. The van der Waals surface area contributed by atoms with E-state index < -0.39 is 0 Å². The number of piperazine rings is 1. The summed E-state index contributed by atoms with van der Waals surface area (Å²) in [5, 5.41) is 7.78. The molecule has 1 unspecified atom stereocenters. The minimum Gasteiger partial charge on any atom is -0.368 e. The van der Waals surface area contributed by atoms with Crippen LogP contribution in [0.4, 0.5) is 5.69 Å². The Morgan fingerprint density at radius 2 is 1.96 bits per heavy atom. The lowest BCUT2D eigenvalue weighted by Gasteiger charge is -2.36. The van der Waals surface area contributed by atoms with Crippen LogP contribution in [0.3, 0.4) is 0 Å². The molecule has 28 heavy (non-hydrogen) atoms. The Morgan fingerprint density at radius 1 is 1.18 bits per heavy atom. The maximum atomic E-state index is 12.9. The largest absolute Gasteiger partial charge is 0.368 e. The molecule has 0 spiro atoms. The Balaban J connectivity index is 1.27. The number of nitrogens with zero attached hydrogens (tertiary/aromatic N) is 5. The number of aromatic nitrogens is 4. The predicted octanol–water partition coefficient (Wildman–Crippen LogP) is 1.51. The van der Waals surface area contributed by atoms with E-state index in [9.17, 15) is 9.59 Å². The van der Waals surface area contributed by atoms with E-state index in [1.165, 1.54) is 23.6 Å². The highest BCUT2D eigenvalue weighted by molar-refractivity contribution is 7.99. The van der Waals surface area contributed by atoms with Crippen molar-refractivity contribution in [2.75, 3.05) is 36.8 Å². The molecule has 2 aliphatic rings. The van der Waals surface area contributed by atoms with Gasteiger partial charge in [-0.1, -0.05) is 30.0 Å². The molecule has 1 N–H and O–H groups in total. The van der Waals surface area contributed by atoms with Crippen molar-refractivity contribution in [3.8, 4) is 0 Å². The summed E-state index contributed by atoms with van der Waals surface area (Å²) in [4.78, 5) is 34.3. The van der Waals surface area contributed by atoms with Crippen molar-refractivity contribution in [2.45, 2.75) is 17.6 Å². The molecule has 144 valence electrons. The van der Waals surface area contributed by atoms with Crippen molar-refractivity contribution in [2.24, 2.45) is 0 Å². The monoisotopic (exact) mass is 396 g/mol. The average Bonchev–Trinajstić information content (AvgIpc) is 3.36. The zero-order valence-corrected chi connectivity index (χ0v) is 16.1. The lowest BCUT2D eigenvalue weighted by Crippen LogP contribution is -2.49. The molecule has 4 heterocycles. The van der Waals surface area contributed by atoms with Gasteiger partial charge in [0.1, 0.15) is 5.39 Å². The zero-order chi connectivity index (χ0) is 19.1. The molecule has 1 aromatic carbocycles. The predicted molar refractivity (Wildman–Crippen MR) is 108 cm³/mol. The number of benzene rings is 1. The number of anilines is 1. The van der Waals surface area contributed by atoms with E-state index in [0.717, 1.165) is 13.1 Å². The summed E-state index contributed by atoms with van der Waals surface area (Å²) in [6.07, 6.45) is 1.83. The fraction of sp³-hybridized carbons (Fsp3) is 0.368. The van der Waals surface area contributed by atoms with Crippen LogP contribution in [0.15, 0.2) is 46.5 Å². The third-order valence-electron chi connectivity index (χ3n) is 5.42. The number of hydrogen-bond donors (Lipinski definition) is 1. The maximum Gasteiger partial charge on any atom is 0.265 e. The molecule has 1 saturated heterocycles. The van der Waals surface area contributed by atoms with Gasteiger partial charge >= 0.3 is 0 Å². The second kappa shape index (κ2) is 6.97. The number of fused-ring (bicyclic) bond motifs is 2. The Morgan fingerprint density at radius 3 is 2.75 bits per heavy atom. The molecule has 2 aromatic heterocycles. The van der Waals surface area contributed by atoms with Gasteiger partial charge in [-0.3, -0.25) is 19.3 Å². The highest BCUT2D eigenvalue weighted by atomic mass is 32.2. The SMILES string of the molecule is O=C(CC1CSc2nc3[nH]ncc3c(=O)n21)N1CCN(c2ccccc2)CC1. The fourth-order valence-electron chi connectivity index (χ4n) is 3.89. The number of amides is 1. The standard InChI is InChI=1S/C19H20N6O2S/c26-16(24-8-6-23(7-9-24)13-4-2-1-3-5-13)10-14-12-28-19-21-17-15(11-20-22-17)18(27)25(14)19/h1-5,11,14H,6-10,12H2,(H,20,22). The molecule has 3 aromatic rings. The van der Waals surface area contributed by atoms with Crippen LogP contribution < -0.4 is 10.5 Å². The van der Waals surface area contributed by atoms with Crippen molar-refractivity contribution in [1.82, 2.24) is 24.6 Å². The molecule has 1 amide bonds. The van der Waals surface area contributed by atoms with Crippen molar-refractivity contribution in [1.29, 1.82) is 0 Å². The van der Waals surface area contributed by atoms with E-state index in [1.807, 2.05) is 23.1 Å². The normalized spacial score (nSPS) is 19.2. The van der Waals surface area contributed by atoms with Gasteiger partial charge in [0.15, 0.2) is 10.8 Å². The molecule has 1 atom stereocenters. The molecular weight excluding hydrogens is 376 g/mol. The lowest BCUT2D eigenvalue weighted by molar-refractivity contribution is -0.132. The van der Waals surface area contributed by atoms with Crippen LogP contribution in [0.5, 0.6) is 0 Å². The van der Waals surface area contributed by atoms with Gasteiger partial charge in [-0.2, -0.15) is 5.10 Å². The topological polar surface area (TPSA) is 87.1 Å². The lowest BCUT2D eigenvalue weighted by atomic mass is 10.1. The summed E-state index contributed by atoms with van der Waals surface area (Å²) in [5.74, 6) is 0.795. The first kappa shape index (κ1) is 17.3. The Labute approximate surface area is 165 Å². The summed E-state index contributed by atoms with van der Waals surface area (Å²) in [6.45, 7) is 3.05. The highest BCUT2D eigenvalue weighted by Gasteiger charge is 2.31. The van der Waals surface area contributed by atoms with E-state index >= 15 is 0 Å². The van der Waals surface area contributed by atoms with E-state index in [4.69, 9.17) is 0 Å². The molecular formula is C19H20N6O2S. The second-order valence-corrected chi connectivity index (χ2v) is 8.06. The minimum absolute atomic E-state index is 0.102. The first-order valence-corrected chi connectivity index (χ1v) is 10.4. The van der Waals surface area contributed by atoms with Gasteiger partial charge in [-0.05, 0) is 12.1 Å². The first-order chi connectivity index (χ1) is 13.7. The molecule has 0 saturated carbocycles. The van der Waals surface area contributed by atoms with Crippen LogP contribution in [-0.2, 0) is 4.79 Å². The van der Waals surface area contributed by atoms with Crippen LogP contribution in [0.2, 0.25) is 0 Å². The smallest absolute Gasteiger partial charge is 0.265 e. The molecule has 8 nitrogen and oxygen atoms in total. The summed E-state index contributed by atoms with van der Waals surface area (Å²) < 4.78 is 1.67. The third kappa shape index (κ3) is 2.95. The third-order valence-corrected chi connectivity index (χ3v) is 6.51. The van der Waals surface area contributed by atoms with Crippen LogP contribution in [0.25, 0.3) is 11.0 Å². The van der Waals surface area contributed by atoms with Gasteiger partial charge in [-0.25, -0.2) is 4.98 Å². The minimum atomic E-state index is -0.154. The molecule has 0 bridgehead atoms. The summed E-state index contributed by atoms with van der Waals surface area (Å²) in [7, 11) is 0. The van der Waals surface area contributed by atoms with E-state index in [2.05, 4.69) is 32.2 Å². The fourth-order valence-corrected chi connectivity index (χ4v) is 5.03. The number of aromatic amines is 1. The molecule has 1 fully saturated rings. The molecule has 9 heteroatoms. The molecule has 0 aliphatic carbocycles. The van der Waals surface area contributed by atoms with Crippen LogP contribution >= 0.6 is 11.8 Å². The number of H-pyrrole nitrogens is 1. The van der Waals surface area contributed by atoms with Crippen LogP contribution in [0, 0.1) is 0 Å². The molecule has 0 radical (unpaired) electrons. The number of thioether (sulfide) groups is 1. The molecule has 2 aliphatic heterocycles. The number of rotatable bonds is 3. The maximum absolute atomic E-state index is 12.9. The highest BCUT2D eigenvalue weighted by Crippen LogP contribution is 2.33. The van der Waals surface area contributed by atoms with Crippen LogP contribution in [0.1, 0.15) is 12.5 Å². The summed E-state index contributed by atoms with van der Waals surface area (Å²) in [6, 6.07) is 10.1. The number of nitrogens with one attached hydrogen (secondary N) is 1. The zero-order valence-electron chi connectivity index (χ0n) is 15.2. The van der Waals surface area contributed by atoms with Gasteiger partial charge in [0, 0.05) is 44.0 Å². The number of carbonyl (C=O) groups excluding carboxylic acids is 1. The number of hydrogen-bond acceptors (Lipinski definition) is 6. The Bertz CT molecular complexity index is 1070. The first-order valence-electron chi connectivity index (χ1n) is 9.37. The van der Waals surface area contributed by atoms with E-state index in [0.29, 0.717) is 41.5 Å². The van der Waals surface area contributed by atoms with Gasteiger partial charge in [0.05, 0.1) is 12.2 Å². The quantitative estimate of drug-likeness (QED) is 0.676. The number of carbonyl (C=O) groups is 1. The summed E-state index contributed by atoms with van der Waals surface area (Å²) >= 11 is 1.52. The van der Waals surface area contributed by atoms with Gasteiger partial charge in [0.2, 0.25) is 5.91 Å². The van der Waals surface area contributed by atoms with Gasteiger partial charge < -0.3 is 9.80 Å². The van der Waals surface area contributed by atoms with Gasteiger partial charge in [0.25, 0.3) is 5.56 Å². The molecule has 5 rings (SSSR count). The Kier molecular flexibility index (Phi) is 4.31. The van der Waals surface area contributed by atoms with Crippen molar-refractivity contribution >= 4 is 34.4 Å². The van der Waals surface area contributed by atoms with Gasteiger partial charge in [-0.15, -0.1) is 0 Å². The second-order valence-electron chi connectivity index (χ2n) is 7.07. The van der Waals surface area contributed by atoms with Crippen molar-refractivity contribution in [3.63, 3.8) is 0 Å². The van der Waals surface area contributed by atoms with E-state index in [1.54, 1.807) is 4.57 Å². The van der Waals surface area contributed by atoms with Crippen LogP contribution in [-0.4, -0.2) is 62.5 Å². The van der Waals surface area contributed by atoms with Crippen molar-refractivity contribution in [3.05, 3.63) is 46.9 Å². The van der Waals surface area contributed by atoms with Crippen molar-refractivity contribution < 1.29 is 4.79 Å². The Hall–Kier alpha value is -2.81. The number of para-hydroxylation sites is 1. The summed E-state index contributed by atoms with van der Waals surface area (Å²) in [5.41, 5.74) is 1.58.